The lowest BCUT2D eigenvalue weighted by atomic mass is 10.3. The van der Waals surface area contributed by atoms with Gasteiger partial charge in [0.05, 0.1) is 5.69 Å². The number of rotatable bonds is 0. The van der Waals surface area contributed by atoms with Crippen LogP contribution in [0.15, 0.2) is 6.07 Å². The Kier molecular flexibility index (Phi) is 2.15. The van der Waals surface area contributed by atoms with Crippen LogP contribution < -0.4 is 0 Å². The van der Waals surface area contributed by atoms with Crippen molar-refractivity contribution in [3.05, 3.63) is 17.5 Å². The molecule has 3 nitrogen and oxygen atoms in total. The summed E-state index contributed by atoms with van der Waals surface area (Å²) in [5, 5.41) is 3.42. The van der Waals surface area contributed by atoms with Gasteiger partial charge in [-0.15, -0.1) is 0 Å². The zero-order chi connectivity index (χ0) is 10.2. The third-order valence-corrected chi connectivity index (χ3v) is 1.42. The predicted octanol–water partition coefficient (Wildman–Crippen LogP) is 1.87. The summed E-state index contributed by atoms with van der Waals surface area (Å²) in [4.78, 5) is 10.7. The summed E-state index contributed by atoms with van der Waals surface area (Å²) in [6, 6.07) is 0.835. The van der Waals surface area contributed by atoms with E-state index in [1.165, 1.54) is 6.92 Å². The molecule has 72 valence electrons. The van der Waals surface area contributed by atoms with Gasteiger partial charge in [0.25, 0.3) is 0 Å². The number of aromatic nitrogens is 2. The molecule has 1 aromatic heterocycles. The first-order valence-corrected chi connectivity index (χ1v) is 3.47. The molecule has 1 aromatic rings. The standard InChI is InChI=1S/C7H7F3N2O/c1-4-3-6(7(8,9)10)12(11-4)5(2)13/h3H,1-2H3. The Bertz CT molecular complexity index is 340. The van der Waals surface area contributed by atoms with E-state index in [0.29, 0.717) is 4.68 Å². The van der Waals surface area contributed by atoms with Gasteiger partial charge in [-0.3, -0.25) is 4.79 Å². The highest BCUT2D eigenvalue weighted by Crippen LogP contribution is 2.29. The highest BCUT2D eigenvalue weighted by atomic mass is 19.4. The molecule has 0 amide bonds. The summed E-state index contributed by atoms with van der Waals surface area (Å²) in [6.45, 7) is 2.43. The number of hydrogen-bond acceptors (Lipinski definition) is 2. The quantitative estimate of drug-likeness (QED) is 0.628. The third-order valence-electron chi connectivity index (χ3n) is 1.42. The largest absolute Gasteiger partial charge is 0.433 e. The van der Waals surface area contributed by atoms with E-state index in [9.17, 15) is 18.0 Å². The maximum Gasteiger partial charge on any atom is 0.433 e. The third kappa shape index (κ3) is 1.88. The Morgan fingerprint density at radius 2 is 2.08 bits per heavy atom. The van der Waals surface area contributed by atoms with Crippen LogP contribution in [0.2, 0.25) is 0 Å². The lowest BCUT2D eigenvalue weighted by Crippen LogP contribution is -2.18. The van der Waals surface area contributed by atoms with E-state index in [1.54, 1.807) is 0 Å². The Hall–Kier alpha value is -1.33. The number of carbonyl (C=O) groups excluding carboxylic acids is 1. The highest BCUT2D eigenvalue weighted by molar-refractivity contribution is 5.76. The molecule has 0 saturated heterocycles. The average molecular weight is 192 g/mol. The van der Waals surface area contributed by atoms with Crippen LogP contribution in [-0.4, -0.2) is 15.7 Å². The van der Waals surface area contributed by atoms with Gasteiger partial charge in [0.2, 0.25) is 5.91 Å². The molecule has 0 aliphatic rings. The smallest absolute Gasteiger partial charge is 0.273 e. The molecule has 0 fully saturated rings. The van der Waals surface area contributed by atoms with E-state index >= 15 is 0 Å². The molecule has 0 aliphatic heterocycles. The second-order valence-corrected chi connectivity index (χ2v) is 2.60. The van der Waals surface area contributed by atoms with Crippen LogP contribution in [0.3, 0.4) is 0 Å². The highest BCUT2D eigenvalue weighted by Gasteiger charge is 2.36. The van der Waals surface area contributed by atoms with Crippen molar-refractivity contribution in [3.8, 4) is 0 Å². The van der Waals surface area contributed by atoms with Crippen molar-refractivity contribution in [1.82, 2.24) is 9.78 Å². The van der Waals surface area contributed by atoms with Gasteiger partial charge in [0.15, 0.2) is 5.69 Å². The van der Waals surface area contributed by atoms with E-state index in [2.05, 4.69) is 5.10 Å². The first-order valence-electron chi connectivity index (χ1n) is 3.47. The van der Waals surface area contributed by atoms with Crippen molar-refractivity contribution in [2.45, 2.75) is 20.0 Å². The molecular formula is C7H7F3N2O. The zero-order valence-electron chi connectivity index (χ0n) is 7.01. The van der Waals surface area contributed by atoms with Crippen molar-refractivity contribution in [1.29, 1.82) is 0 Å². The summed E-state index contributed by atoms with van der Waals surface area (Å²) in [5.74, 6) is -0.750. The molecule has 6 heteroatoms. The minimum absolute atomic E-state index is 0.169. The topological polar surface area (TPSA) is 34.9 Å². The van der Waals surface area contributed by atoms with Crippen molar-refractivity contribution in [2.24, 2.45) is 0 Å². The number of halogens is 3. The molecule has 0 spiro atoms. The zero-order valence-corrected chi connectivity index (χ0v) is 7.01. The van der Waals surface area contributed by atoms with Gasteiger partial charge < -0.3 is 0 Å². The number of nitrogens with zero attached hydrogens (tertiary/aromatic N) is 2. The summed E-state index contributed by atoms with van der Waals surface area (Å²) in [5.41, 5.74) is -0.861. The maximum absolute atomic E-state index is 12.2. The van der Waals surface area contributed by atoms with Crippen molar-refractivity contribution < 1.29 is 18.0 Å². The summed E-state index contributed by atoms with van der Waals surface area (Å²) in [7, 11) is 0. The van der Waals surface area contributed by atoms with Crippen molar-refractivity contribution in [3.63, 3.8) is 0 Å². The molecule has 1 heterocycles. The van der Waals surface area contributed by atoms with Gasteiger partial charge in [0, 0.05) is 6.92 Å². The van der Waals surface area contributed by atoms with E-state index < -0.39 is 17.8 Å². The van der Waals surface area contributed by atoms with Crippen molar-refractivity contribution >= 4 is 5.91 Å². The van der Waals surface area contributed by atoms with Gasteiger partial charge >= 0.3 is 6.18 Å². The van der Waals surface area contributed by atoms with E-state index in [-0.39, 0.29) is 5.69 Å². The second kappa shape index (κ2) is 2.86. The molecule has 0 saturated carbocycles. The molecule has 1 rings (SSSR count). The molecule has 0 atom stereocenters. The Morgan fingerprint density at radius 1 is 1.54 bits per heavy atom. The minimum atomic E-state index is -4.53. The maximum atomic E-state index is 12.2. The Balaban J connectivity index is 3.28. The molecule has 0 aliphatic carbocycles. The fraction of sp³-hybridized carbons (Fsp3) is 0.429. The first-order chi connectivity index (χ1) is 5.82. The van der Waals surface area contributed by atoms with E-state index in [4.69, 9.17) is 0 Å². The molecule has 0 bridgehead atoms. The van der Waals surface area contributed by atoms with Crippen LogP contribution in [0.1, 0.15) is 23.1 Å². The number of alkyl halides is 3. The monoisotopic (exact) mass is 192 g/mol. The SMILES string of the molecule is CC(=O)n1nc(C)cc1C(F)(F)F. The molecule has 0 radical (unpaired) electrons. The van der Waals surface area contributed by atoms with Crippen LogP contribution in [-0.2, 0) is 6.18 Å². The first kappa shape index (κ1) is 9.76. The van der Waals surface area contributed by atoms with Gasteiger partial charge in [-0.2, -0.15) is 23.0 Å². The van der Waals surface area contributed by atoms with Gasteiger partial charge in [0.1, 0.15) is 0 Å². The second-order valence-electron chi connectivity index (χ2n) is 2.60. The molecule has 0 N–H and O–H groups in total. The van der Waals surface area contributed by atoms with Crippen LogP contribution >= 0.6 is 0 Å². The number of aryl methyl sites for hydroxylation is 1. The fourth-order valence-electron chi connectivity index (χ4n) is 0.941. The Labute approximate surface area is 72.2 Å². The van der Waals surface area contributed by atoms with E-state index in [0.717, 1.165) is 13.0 Å². The van der Waals surface area contributed by atoms with Gasteiger partial charge in [-0.25, -0.2) is 0 Å². The normalized spacial score (nSPS) is 11.8. The van der Waals surface area contributed by atoms with E-state index in [1.807, 2.05) is 0 Å². The van der Waals surface area contributed by atoms with Gasteiger partial charge in [-0.1, -0.05) is 0 Å². The molecule has 0 aromatic carbocycles. The van der Waals surface area contributed by atoms with Crippen molar-refractivity contribution in [2.75, 3.05) is 0 Å². The van der Waals surface area contributed by atoms with Gasteiger partial charge in [-0.05, 0) is 13.0 Å². The number of carbonyl (C=O) groups is 1. The summed E-state index contributed by atoms with van der Waals surface area (Å²) in [6.07, 6.45) is -4.53. The lowest BCUT2D eigenvalue weighted by molar-refractivity contribution is -0.143. The Morgan fingerprint density at radius 3 is 2.38 bits per heavy atom. The van der Waals surface area contributed by atoms with Crippen LogP contribution in [0.5, 0.6) is 0 Å². The summed E-state index contributed by atoms with van der Waals surface area (Å²) < 4.78 is 37.0. The van der Waals surface area contributed by atoms with Crippen LogP contribution in [0.4, 0.5) is 13.2 Å². The fourth-order valence-corrected chi connectivity index (χ4v) is 0.941. The molecule has 13 heavy (non-hydrogen) atoms. The van der Waals surface area contributed by atoms with Crippen LogP contribution in [0.25, 0.3) is 0 Å². The number of hydrogen-bond donors (Lipinski definition) is 0. The minimum Gasteiger partial charge on any atom is -0.273 e. The predicted molar refractivity (Wildman–Crippen MR) is 38.3 cm³/mol. The molecular weight excluding hydrogens is 185 g/mol. The molecule has 0 unspecified atom stereocenters. The summed E-state index contributed by atoms with van der Waals surface area (Å²) >= 11 is 0. The average Bonchev–Trinajstić information content (AvgIpc) is 2.29. The van der Waals surface area contributed by atoms with Crippen LogP contribution in [0, 0.1) is 6.92 Å². The lowest BCUT2D eigenvalue weighted by Gasteiger charge is -2.06.